The second-order valence-electron chi connectivity index (χ2n) is 7.80. The van der Waals surface area contributed by atoms with Crippen molar-refractivity contribution in [3.63, 3.8) is 0 Å². The van der Waals surface area contributed by atoms with Gasteiger partial charge >= 0.3 is 0 Å². The van der Waals surface area contributed by atoms with Gasteiger partial charge in [-0.25, -0.2) is 0 Å². The summed E-state index contributed by atoms with van der Waals surface area (Å²) >= 11 is 0. The van der Waals surface area contributed by atoms with Gasteiger partial charge in [0, 0.05) is 36.8 Å². The topological polar surface area (TPSA) is 47.5 Å². The van der Waals surface area contributed by atoms with Crippen molar-refractivity contribution < 1.29 is 9.47 Å². The van der Waals surface area contributed by atoms with E-state index in [9.17, 15) is 0 Å². The van der Waals surface area contributed by atoms with Gasteiger partial charge in [0.1, 0.15) is 11.9 Å². The van der Waals surface area contributed by atoms with Crippen LogP contribution >= 0.6 is 0 Å². The lowest BCUT2D eigenvalue weighted by Crippen LogP contribution is -2.38. The van der Waals surface area contributed by atoms with Gasteiger partial charge in [-0.3, -0.25) is 14.9 Å². The van der Waals surface area contributed by atoms with Crippen molar-refractivity contribution in [2.24, 2.45) is 0 Å². The van der Waals surface area contributed by atoms with Crippen LogP contribution in [0, 0.1) is 0 Å². The minimum atomic E-state index is -0.0333. The zero-order valence-electron chi connectivity index (χ0n) is 17.6. The summed E-state index contributed by atoms with van der Waals surface area (Å²) in [6.45, 7) is 3.33. The van der Waals surface area contributed by atoms with Crippen molar-refractivity contribution >= 4 is 10.9 Å². The Balaban J connectivity index is 1.31. The van der Waals surface area contributed by atoms with Crippen molar-refractivity contribution in [3.05, 3.63) is 90.3 Å². The second kappa shape index (κ2) is 8.84. The minimum absolute atomic E-state index is 0.0333. The van der Waals surface area contributed by atoms with Gasteiger partial charge in [-0.1, -0.05) is 18.2 Å². The number of rotatable bonds is 5. The molecule has 3 heterocycles. The van der Waals surface area contributed by atoms with Crippen molar-refractivity contribution in [1.82, 2.24) is 14.9 Å². The third-order valence-electron chi connectivity index (χ3n) is 5.71. The molecular weight excluding hydrogens is 386 g/mol. The largest absolute Gasteiger partial charge is 0.497 e. The summed E-state index contributed by atoms with van der Waals surface area (Å²) in [6, 6.07) is 24.7. The molecule has 31 heavy (non-hydrogen) atoms. The Morgan fingerprint density at radius 2 is 1.94 bits per heavy atom. The molecule has 2 aromatic heterocycles. The summed E-state index contributed by atoms with van der Waals surface area (Å²) in [5.74, 6) is 0.843. The first-order valence-corrected chi connectivity index (χ1v) is 10.6. The molecule has 0 saturated carbocycles. The number of hydrogen-bond donors (Lipinski definition) is 0. The van der Waals surface area contributed by atoms with E-state index in [4.69, 9.17) is 14.5 Å². The van der Waals surface area contributed by atoms with E-state index < -0.39 is 0 Å². The SMILES string of the molecule is COc1ccc(-c2cccc([C@H]3CN(Cc4ccc5ncccc5c4)CCO3)n2)cc1. The number of morpholine rings is 1. The normalized spacial score (nSPS) is 17.0. The lowest BCUT2D eigenvalue weighted by molar-refractivity contribution is -0.0349. The first-order valence-electron chi connectivity index (χ1n) is 10.6. The average Bonchev–Trinajstić information content (AvgIpc) is 2.84. The Kier molecular flexibility index (Phi) is 5.61. The molecule has 5 nitrogen and oxygen atoms in total. The molecule has 0 spiro atoms. The van der Waals surface area contributed by atoms with Crippen LogP contribution in [-0.2, 0) is 11.3 Å². The van der Waals surface area contributed by atoms with Crippen LogP contribution < -0.4 is 4.74 Å². The monoisotopic (exact) mass is 411 g/mol. The molecule has 0 unspecified atom stereocenters. The summed E-state index contributed by atoms with van der Waals surface area (Å²) in [6.07, 6.45) is 1.80. The zero-order chi connectivity index (χ0) is 21.0. The molecule has 1 saturated heterocycles. The maximum Gasteiger partial charge on any atom is 0.118 e. The lowest BCUT2D eigenvalue weighted by Gasteiger charge is -2.32. The van der Waals surface area contributed by atoms with Crippen molar-refractivity contribution in [3.8, 4) is 17.0 Å². The van der Waals surface area contributed by atoms with Crippen LogP contribution in [0.15, 0.2) is 79.0 Å². The van der Waals surface area contributed by atoms with Crippen molar-refractivity contribution in [2.45, 2.75) is 12.6 Å². The Morgan fingerprint density at radius 1 is 1.03 bits per heavy atom. The maximum absolute atomic E-state index is 6.10. The molecule has 1 atom stereocenters. The van der Waals surface area contributed by atoms with Gasteiger partial charge < -0.3 is 9.47 Å². The van der Waals surface area contributed by atoms with Crippen LogP contribution in [0.5, 0.6) is 5.75 Å². The highest BCUT2D eigenvalue weighted by Crippen LogP contribution is 2.26. The summed E-state index contributed by atoms with van der Waals surface area (Å²) in [5, 5.41) is 1.18. The first-order chi connectivity index (χ1) is 15.3. The van der Waals surface area contributed by atoms with Crippen LogP contribution in [0.2, 0.25) is 0 Å². The summed E-state index contributed by atoms with van der Waals surface area (Å²) in [4.78, 5) is 11.8. The highest BCUT2D eigenvalue weighted by atomic mass is 16.5. The molecule has 1 fully saturated rings. The van der Waals surface area contributed by atoms with Crippen LogP contribution in [0.4, 0.5) is 0 Å². The van der Waals surface area contributed by atoms with Crippen LogP contribution in [0.1, 0.15) is 17.4 Å². The van der Waals surface area contributed by atoms with Gasteiger partial charge in [-0.2, -0.15) is 0 Å². The number of hydrogen-bond acceptors (Lipinski definition) is 5. The molecule has 0 aliphatic carbocycles. The summed E-state index contributed by atoms with van der Waals surface area (Å²) in [5.41, 5.74) is 5.32. The van der Waals surface area contributed by atoms with Crippen LogP contribution in [0.25, 0.3) is 22.2 Å². The van der Waals surface area contributed by atoms with E-state index in [-0.39, 0.29) is 6.10 Å². The zero-order valence-corrected chi connectivity index (χ0v) is 17.6. The lowest BCUT2D eigenvalue weighted by atomic mass is 10.1. The number of fused-ring (bicyclic) bond motifs is 1. The molecule has 5 heteroatoms. The molecule has 0 bridgehead atoms. The number of ether oxygens (including phenoxy) is 2. The summed E-state index contributed by atoms with van der Waals surface area (Å²) in [7, 11) is 1.68. The molecular formula is C26H25N3O2. The predicted molar refractivity (Wildman–Crippen MR) is 122 cm³/mol. The average molecular weight is 412 g/mol. The molecule has 1 aliphatic heterocycles. The van der Waals surface area contributed by atoms with Crippen LogP contribution in [0.3, 0.4) is 0 Å². The summed E-state index contributed by atoms with van der Waals surface area (Å²) < 4.78 is 11.4. The van der Waals surface area contributed by atoms with Gasteiger partial charge in [0.15, 0.2) is 0 Å². The van der Waals surface area contributed by atoms with E-state index in [1.807, 2.05) is 42.6 Å². The first kappa shape index (κ1) is 19.7. The van der Waals surface area contributed by atoms with Gasteiger partial charge in [0.05, 0.1) is 30.6 Å². The van der Waals surface area contributed by atoms with E-state index in [1.165, 1.54) is 10.9 Å². The molecule has 2 aromatic carbocycles. The minimum Gasteiger partial charge on any atom is -0.497 e. The van der Waals surface area contributed by atoms with E-state index in [0.29, 0.717) is 6.61 Å². The van der Waals surface area contributed by atoms with Gasteiger partial charge in [-0.15, -0.1) is 0 Å². The van der Waals surface area contributed by atoms with Crippen molar-refractivity contribution in [2.75, 3.05) is 26.8 Å². The molecule has 0 radical (unpaired) electrons. The third kappa shape index (κ3) is 4.43. The standard InChI is InChI=1S/C26H25N3O2/c1-30-22-10-8-20(9-11-22)24-5-2-6-25(28-24)26-18-29(14-15-31-26)17-19-7-12-23-21(16-19)4-3-13-27-23/h2-13,16,26H,14-15,17-18H2,1H3/t26-/m1/s1. The van der Waals surface area contributed by atoms with E-state index in [2.05, 4.69) is 46.3 Å². The van der Waals surface area contributed by atoms with Gasteiger partial charge in [0.25, 0.3) is 0 Å². The number of aromatic nitrogens is 2. The Hall–Kier alpha value is -3.28. The Labute approximate surface area is 182 Å². The predicted octanol–water partition coefficient (Wildman–Crippen LogP) is 4.88. The molecule has 156 valence electrons. The van der Waals surface area contributed by atoms with Crippen LogP contribution in [-0.4, -0.2) is 41.7 Å². The van der Waals surface area contributed by atoms with E-state index in [0.717, 1.165) is 47.9 Å². The Morgan fingerprint density at radius 3 is 2.81 bits per heavy atom. The quantitative estimate of drug-likeness (QED) is 0.468. The molecule has 1 aliphatic rings. The highest BCUT2D eigenvalue weighted by molar-refractivity contribution is 5.78. The van der Waals surface area contributed by atoms with Crippen molar-refractivity contribution in [1.29, 1.82) is 0 Å². The van der Waals surface area contributed by atoms with E-state index in [1.54, 1.807) is 7.11 Å². The van der Waals surface area contributed by atoms with Gasteiger partial charge in [0.2, 0.25) is 0 Å². The highest BCUT2D eigenvalue weighted by Gasteiger charge is 2.23. The fourth-order valence-corrected chi connectivity index (χ4v) is 4.06. The fraction of sp³-hybridized carbons (Fsp3) is 0.231. The number of nitrogens with zero attached hydrogens (tertiary/aromatic N) is 3. The molecule has 0 amide bonds. The van der Waals surface area contributed by atoms with E-state index >= 15 is 0 Å². The molecule has 0 N–H and O–H groups in total. The maximum atomic E-state index is 6.10. The second-order valence-corrected chi connectivity index (χ2v) is 7.80. The smallest absolute Gasteiger partial charge is 0.118 e. The molecule has 4 aromatic rings. The number of methoxy groups -OCH3 is 1. The van der Waals surface area contributed by atoms with Gasteiger partial charge in [-0.05, 0) is 60.2 Å². The fourth-order valence-electron chi connectivity index (χ4n) is 4.06. The molecule has 5 rings (SSSR count). The Bertz CT molecular complexity index is 1180. The number of benzene rings is 2. The number of pyridine rings is 2. The third-order valence-corrected chi connectivity index (χ3v) is 5.71.